The number of carbonyl (C=O) groups excluding carboxylic acids is 3. The van der Waals surface area contributed by atoms with Gasteiger partial charge in [0.2, 0.25) is 0 Å². The van der Waals surface area contributed by atoms with Gasteiger partial charge in [-0.1, -0.05) is 6.92 Å². The van der Waals surface area contributed by atoms with Crippen LogP contribution in [0.4, 0.5) is 9.18 Å². The predicted octanol–water partition coefficient (Wildman–Crippen LogP) is 6.63. The van der Waals surface area contributed by atoms with Gasteiger partial charge in [0.25, 0.3) is 11.8 Å². The first-order valence-corrected chi connectivity index (χ1v) is 17.6. The summed E-state index contributed by atoms with van der Waals surface area (Å²) < 4.78 is 38.1. The third-order valence-electron chi connectivity index (χ3n) is 8.87. The van der Waals surface area contributed by atoms with Gasteiger partial charge in [0.15, 0.2) is 0 Å². The first-order valence-electron chi connectivity index (χ1n) is 17.6. The molecular formula is C38H54FN3O7. The summed E-state index contributed by atoms with van der Waals surface area (Å²) in [5.74, 6) is -0.612. The quantitative estimate of drug-likeness (QED) is 0.251. The minimum Gasteiger partial charge on any atom is -0.493 e. The van der Waals surface area contributed by atoms with Crippen LogP contribution in [-0.2, 0) is 20.6 Å². The van der Waals surface area contributed by atoms with E-state index in [1.165, 1.54) is 12.1 Å². The summed E-state index contributed by atoms with van der Waals surface area (Å²) >= 11 is 0. The van der Waals surface area contributed by atoms with Crippen LogP contribution in [0.1, 0.15) is 99.9 Å². The lowest BCUT2D eigenvalue weighted by molar-refractivity contribution is 0.00749. The van der Waals surface area contributed by atoms with Crippen molar-refractivity contribution in [2.75, 3.05) is 46.6 Å². The van der Waals surface area contributed by atoms with Crippen molar-refractivity contribution in [3.8, 4) is 16.9 Å². The molecule has 2 heterocycles. The summed E-state index contributed by atoms with van der Waals surface area (Å²) in [4.78, 5) is 44.2. The maximum atomic E-state index is 15.6. The molecule has 0 spiro atoms. The van der Waals surface area contributed by atoms with E-state index in [9.17, 15) is 14.4 Å². The molecule has 10 nitrogen and oxygen atoms in total. The number of methoxy groups -OCH3 is 1. The van der Waals surface area contributed by atoms with Gasteiger partial charge in [-0.05, 0) is 103 Å². The molecular weight excluding hydrogens is 629 g/mol. The third-order valence-corrected chi connectivity index (χ3v) is 8.87. The minimum atomic E-state index is -0.622. The SMILES string of the molecule is CCc1cc(-c2cc(C(=O)NC3CCOCC3)ccc2F)c(OCCCOC)cc1C(=O)N(C(C)C)[C@@H]1CCCN(C(=O)OC(C)(C)C)C1. The second-order valence-corrected chi connectivity index (χ2v) is 14.1. The lowest BCUT2D eigenvalue weighted by atomic mass is 9.93. The second-order valence-electron chi connectivity index (χ2n) is 14.1. The Morgan fingerprint density at radius 3 is 2.45 bits per heavy atom. The van der Waals surface area contributed by atoms with Gasteiger partial charge in [-0.2, -0.15) is 0 Å². The molecule has 0 radical (unpaired) electrons. The Balaban J connectivity index is 1.70. The van der Waals surface area contributed by atoms with Gasteiger partial charge in [-0.25, -0.2) is 9.18 Å². The zero-order valence-electron chi connectivity index (χ0n) is 30.2. The second kappa shape index (κ2) is 17.3. The standard InChI is InChI=1S/C38H54FN3O7/c1-8-26-21-32(31-22-27(12-13-33(31)39)35(43)40-28-14-19-47-20-15-28)34(48-18-10-17-46-7)23-30(26)36(44)42(25(2)3)29-11-9-16-41(24-29)37(45)49-38(4,5)6/h12-13,21-23,25,28-29H,8-11,14-20,24H2,1-7H3,(H,40,43)/t29-/m1/s1. The van der Waals surface area contributed by atoms with Crippen LogP contribution in [0.25, 0.3) is 11.1 Å². The van der Waals surface area contributed by atoms with Crippen molar-refractivity contribution in [2.45, 2.75) is 104 Å². The topological polar surface area (TPSA) is 107 Å². The van der Waals surface area contributed by atoms with Gasteiger partial charge in [-0.15, -0.1) is 0 Å². The normalized spacial score (nSPS) is 17.2. The Morgan fingerprint density at radius 2 is 1.80 bits per heavy atom. The fourth-order valence-corrected chi connectivity index (χ4v) is 6.45. The van der Waals surface area contributed by atoms with Crippen LogP contribution in [0.2, 0.25) is 0 Å². The predicted molar refractivity (Wildman–Crippen MR) is 187 cm³/mol. The van der Waals surface area contributed by atoms with E-state index >= 15 is 4.39 Å². The van der Waals surface area contributed by atoms with Crippen LogP contribution in [0.3, 0.4) is 0 Å². The number of aryl methyl sites for hydroxylation is 1. The molecule has 2 fully saturated rings. The lowest BCUT2D eigenvalue weighted by Crippen LogP contribution is -2.54. The van der Waals surface area contributed by atoms with Gasteiger partial charge in [0, 0.05) is 80.8 Å². The van der Waals surface area contributed by atoms with Crippen LogP contribution in [0.15, 0.2) is 30.3 Å². The Hall–Kier alpha value is -3.70. The van der Waals surface area contributed by atoms with E-state index in [0.717, 1.165) is 31.2 Å². The van der Waals surface area contributed by atoms with E-state index in [1.54, 1.807) is 24.1 Å². The monoisotopic (exact) mass is 683 g/mol. The van der Waals surface area contributed by atoms with Gasteiger partial charge >= 0.3 is 6.09 Å². The molecule has 2 aliphatic heterocycles. The number of likely N-dealkylation sites (tertiary alicyclic amines) is 1. The van der Waals surface area contributed by atoms with Crippen molar-refractivity contribution >= 4 is 17.9 Å². The Morgan fingerprint density at radius 1 is 1.06 bits per heavy atom. The summed E-state index contributed by atoms with van der Waals surface area (Å²) in [6.07, 6.45) is 3.65. The van der Waals surface area contributed by atoms with Crippen LogP contribution < -0.4 is 10.1 Å². The zero-order chi connectivity index (χ0) is 35.7. The van der Waals surface area contributed by atoms with E-state index in [1.807, 2.05) is 52.5 Å². The Bertz CT molecular complexity index is 1450. The molecule has 3 amide bonds. The van der Waals surface area contributed by atoms with E-state index in [0.29, 0.717) is 68.2 Å². The fourth-order valence-electron chi connectivity index (χ4n) is 6.45. The van der Waals surface area contributed by atoms with Gasteiger partial charge < -0.3 is 34.1 Å². The van der Waals surface area contributed by atoms with Crippen molar-refractivity contribution in [2.24, 2.45) is 0 Å². The van der Waals surface area contributed by atoms with Gasteiger partial charge in [0.05, 0.1) is 12.6 Å². The Labute approximate surface area is 290 Å². The van der Waals surface area contributed by atoms with Crippen molar-refractivity contribution in [1.29, 1.82) is 0 Å². The average molecular weight is 684 g/mol. The highest BCUT2D eigenvalue weighted by molar-refractivity contribution is 5.99. The number of nitrogens with zero attached hydrogens (tertiary/aromatic N) is 2. The molecule has 0 aromatic heterocycles. The van der Waals surface area contributed by atoms with Gasteiger partial charge in [-0.3, -0.25) is 9.59 Å². The highest BCUT2D eigenvalue weighted by Gasteiger charge is 2.35. The summed E-state index contributed by atoms with van der Waals surface area (Å²) in [6.45, 7) is 14.3. The van der Waals surface area contributed by atoms with Crippen LogP contribution in [0, 0.1) is 5.82 Å². The summed E-state index contributed by atoms with van der Waals surface area (Å²) in [5, 5.41) is 3.05. The number of amides is 3. The number of rotatable bonds is 12. The van der Waals surface area contributed by atoms with Crippen molar-refractivity contribution in [1.82, 2.24) is 15.1 Å². The summed E-state index contributed by atoms with van der Waals surface area (Å²) in [5.41, 5.74) is 1.59. The largest absolute Gasteiger partial charge is 0.493 e. The number of nitrogens with one attached hydrogen (secondary N) is 1. The molecule has 2 aliphatic rings. The highest BCUT2D eigenvalue weighted by Crippen LogP contribution is 2.37. The van der Waals surface area contributed by atoms with Crippen LogP contribution in [-0.4, -0.2) is 98.1 Å². The third kappa shape index (κ3) is 10.2. The van der Waals surface area contributed by atoms with Crippen LogP contribution in [0.5, 0.6) is 5.75 Å². The van der Waals surface area contributed by atoms with Gasteiger partial charge in [0.1, 0.15) is 17.2 Å². The summed E-state index contributed by atoms with van der Waals surface area (Å²) in [7, 11) is 1.61. The van der Waals surface area contributed by atoms with Crippen molar-refractivity contribution in [3.63, 3.8) is 0 Å². The van der Waals surface area contributed by atoms with E-state index in [4.69, 9.17) is 18.9 Å². The summed E-state index contributed by atoms with van der Waals surface area (Å²) in [6, 6.07) is 7.48. The first-order chi connectivity index (χ1) is 23.3. The molecule has 0 bridgehead atoms. The molecule has 0 unspecified atom stereocenters. The maximum absolute atomic E-state index is 15.6. The molecule has 2 aromatic carbocycles. The number of piperidine rings is 1. The maximum Gasteiger partial charge on any atom is 0.410 e. The number of hydrogen-bond donors (Lipinski definition) is 1. The Kier molecular flexibility index (Phi) is 13.5. The molecule has 0 saturated carbocycles. The number of halogens is 1. The number of ether oxygens (including phenoxy) is 4. The van der Waals surface area contributed by atoms with Crippen molar-refractivity contribution < 1.29 is 37.7 Å². The molecule has 4 rings (SSSR count). The highest BCUT2D eigenvalue weighted by atomic mass is 19.1. The van der Waals surface area contributed by atoms with E-state index in [-0.39, 0.29) is 48.2 Å². The number of carbonyl (C=O) groups is 3. The number of benzene rings is 2. The van der Waals surface area contributed by atoms with E-state index in [2.05, 4.69) is 5.32 Å². The molecule has 0 aliphatic carbocycles. The van der Waals surface area contributed by atoms with Crippen LogP contribution >= 0.6 is 0 Å². The molecule has 49 heavy (non-hydrogen) atoms. The molecule has 1 N–H and O–H groups in total. The number of hydrogen-bond acceptors (Lipinski definition) is 7. The molecule has 1 atom stereocenters. The minimum absolute atomic E-state index is 0.00398. The van der Waals surface area contributed by atoms with E-state index < -0.39 is 11.4 Å². The first kappa shape index (κ1) is 38.1. The molecule has 11 heteroatoms. The molecule has 2 aromatic rings. The molecule has 270 valence electrons. The zero-order valence-corrected chi connectivity index (χ0v) is 30.2. The fraction of sp³-hybridized carbons (Fsp3) is 0.605. The smallest absolute Gasteiger partial charge is 0.410 e. The van der Waals surface area contributed by atoms with Crippen molar-refractivity contribution in [3.05, 3.63) is 52.8 Å². The lowest BCUT2D eigenvalue weighted by Gasteiger charge is -2.42. The molecule has 2 saturated heterocycles. The average Bonchev–Trinajstić information content (AvgIpc) is 3.06.